The Morgan fingerprint density at radius 1 is 1.04 bits per heavy atom. The van der Waals surface area contributed by atoms with E-state index in [0.717, 1.165) is 42.4 Å². The van der Waals surface area contributed by atoms with Crippen LogP contribution in [-0.2, 0) is 12.8 Å². The third-order valence-corrected chi connectivity index (χ3v) is 5.68. The van der Waals surface area contributed by atoms with Crippen LogP contribution in [0.3, 0.4) is 0 Å². The van der Waals surface area contributed by atoms with Crippen LogP contribution in [0.25, 0.3) is 11.1 Å². The molecule has 5 nitrogen and oxygen atoms in total. The fourth-order valence-corrected chi connectivity index (χ4v) is 4.43. The fourth-order valence-electron chi connectivity index (χ4n) is 4.43. The number of hydrogen-bond donors (Lipinski definition) is 0. The van der Waals surface area contributed by atoms with E-state index in [1.807, 2.05) is 0 Å². The number of hydrogen-bond acceptors (Lipinski definition) is 5. The van der Waals surface area contributed by atoms with Gasteiger partial charge in [-0.3, -0.25) is 4.90 Å². The van der Waals surface area contributed by atoms with Crippen LogP contribution in [0.1, 0.15) is 22.7 Å². The van der Waals surface area contributed by atoms with Gasteiger partial charge in [0.1, 0.15) is 0 Å². The van der Waals surface area contributed by atoms with Crippen LogP contribution in [-0.4, -0.2) is 39.5 Å². The van der Waals surface area contributed by atoms with Crippen LogP contribution < -0.4 is 18.9 Å². The van der Waals surface area contributed by atoms with Crippen LogP contribution in [0.15, 0.2) is 18.2 Å². The predicted molar refractivity (Wildman–Crippen MR) is 93.9 cm³/mol. The minimum absolute atomic E-state index is 0.286. The summed E-state index contributed by atoms with van der Waals surface area (Å²) in [6.07, 6.45) is 2.00. The van der Waals surface area contributed by atoms with Gasteiger partial charge in [-0.25, -0.2) is 0 Å². The van der Waals surface area contributed by atoms with E-state index >= 15 is 0 Å². The van der Waals surface area contributed by atoms with Gasteiger partial charge >= 0.3 is 0 Å². The van der Waals surface area contributed by atoms with Crippen molar-refractivity contribution in [1.29, 1.82) is 0 Å². The molecule has 1 aliphatic carbocycles. The Bertz CT molecular complexity index is 877. The average molecular weight is 339 g/mol. The maximum Gasteiger partial charge on any atom is 0.231 e. The van der Waals surface area contributed by atoms with Gasteiger partial charge in [0.25, 0.3) is 0 Å². The van der Waals surface area contributed by atoms with Gasteiger partial charge in [0.15, 0.2) is 23.0 Å². The molecule has 0 aromatic heterocycles. The van der Waals surface area contributed by atoms with Crippen molar-refractivity contribution in [2.24, 2.45) is 0 Å². The highest BCUT2D eigenvalue weighted by Crippen LogP contribution is 2.55. The van der Waals surface area contributed by atoms with Crippen molar-refractivity contribution in [2.45, 2.75) is 18.9 Å². The molecule has 1 atom stereocenters. The molecular formula is C20H21NO4. The van der Waals surface area contributed by atoms with E-state index in [2.05, 4.69) is 30.1 Å². The molecule has 0 bridgehead atoms. The number of likely N-dealkylation sites (N-methyl/N-ethyl adjacent to an activating group) is 1. The number of nitrogens with zero attached hydrogens (tertiary/aromatic N) is 1. The summed E-state index contributed by atoms with van der Waals surface area (Å²) in [5.74, 6) is 3.24. The molecule has 0 spiro atoms. The standard InChI is InChI=1S/C20H21NO4/c1-21-5-4-11-7-17-20(25-10-24-17)19-13-9-16(23-3)15(22-2)8-12(13)6-14(21)18(11)19/h7-9,14H,4-6,10H2,1-3H3/t14-/m0/s1. The third kappa shape index (κ3) is 1.99. The number of fused-ring (bicyclic) bond motifs is 4. The van der Waals surface area contributed by atoms with Crippen LogP contribution in [0, 0.1) is 0 Å². The van der Waals surface area contributed by atoms with Gasteiger partial charge in [0, 0.05) is 18.2 Å². The van der Waals surface area contributed by atoms with Gasteiger partial charge in [-0.2, -0.15) is 0 Å². The Morgan fingerprint density at radius 2 is 1.84 bits per heavy atom. The van der Waals surface area contributed by atoms with Crippen molar-refractivity contribution in [1.82, 2.24) is 4.90 Å². The van der Waals surface area contributed by atoms with Gasteiger partial charge in [0.2, 0.25) is 6.79 Å². The van der Waals surface area contributed by atoms with Crippen molar-refractivity contribution in [3.05, 3.63) is 34.9 Å². The summed E-state index contributed by atoms with van der Waals surface area (Å²) in [6.45, 7) is 1.34. The van der Waals surface area contributed by atoms with Crippen molar-refractivity contribution >= 4 is 0 Å². The molecule has 0 unspecified atom stereocenters. The molecule has 25 heavy (non-hydrogen) atoms. The highest BCUT2D eigenvalue weighted by atomic mass is 16.7. The summed E-state index contributed by atoms with van der Waals surface area (Å²) < 4.78 is 22.7. The SMILES string of the molecule is COc1cc2c(cc1OC)-c1c3c(cc4c1[C@H](C2)N(C)CC4)OCO3. The van der Waals surface area contributed by atoms with E-state index in [1.165, 1.54) is 27.8 Å². The lowest BCUT2D eigenvalue weighted by molar-refractivity contribution is 0.174. The topological polar surface area (TPSA) is 40.2 Å². The zero-order valence-electron chi connectivity index (χ0n) is 14.7. The van der Waals surface area contributed by atoms with Crippen molar-refractivity contribution in [3.63, 3.8) is 0 Å². The second-order valence-corrected chi connectivity index (χ2v) is 6.87. The minimum Gasteiger partial charge on any atom is -0.493 e. The smallest absolute Gasteiger partial charge is 0.231 e. The zero-order valence-corrected chi connectivity index (χ0v) is 14.7. The zero-order chi connectivity index (χ0) is 17.1. The number of methoxy groups -OCH3 is 2. The Balaban J connectivity index is 1.83. The highest BCUT2D eigenvalue weighted by Gasteiger charge is 2.38. The summed E-state index contributed by atoms with van der Waals surface area (Å²) >= 11 is 0. The molecule has 0 fully saturated rings. The molecule has 3 aliphatic rings. The van der Waals surface area contributed by atoms with E-state index in [9.17, 15) is 0 Å². The van der Waals surface area contributed by atoms with Gasteiger partial charge in [-0.15, -0.1) is 0 Å². The van der Waals surface area contributed by atoms with Crippen molar-refractivity contribution in [2.75, 3.05) is 34.6 Å². The monoisotopic (exact) mass is 339 g/mol. The summed E-state index contributed by atoms with van der Waals surface area (Å²) in [4.78, 5) is 2.44. The molecule has 0 saturated carbocycles. The van der Waals surface area contributed by atoms with E-state index < -0.39 is 0 Å². The van der Waals surface area contributed by atoms with Crippen LogP contribution in [0.2, 0.25) is 0 Å². The largest absolute Gasteiger partial charge is 0.493 e. The number of rotatable bonds is 2. The van der Waals surface area contributed by atoms with Crippen LogP contribution >= 0.6 is 0 Å². The highest BCUT2D eigenvalue weighted by molar-refractivity contribution is 5.85. The Labute approximate surface area is 147 Å². The van der Waals surface area contributed by atoms with Gasteiger partial charge in [-0.1, -0.05) is 0 Å². The number of ether oxygens (including phenoxy) is 4. The summed E-state index contributed by atoms with van der Waals surface area (Å²) in [7, 11) is 5.56. The summed E-state index contributed by atoms with van der Waals surface area (Å²) in [6, 6.07) is 6.72. The Hall–Kier alpha value is -2.40. The average Bonchev–Trinajstić information content (AvgIpc) is 3.11. The van der Waals surface area contributed by atoms with Crippen molar-refractivity contribution < 1.29 is 18.9 Å². The first-order valence-corrected chi connectivity index (χ1v) is 8.62. The van der Waals surface area contributed by atoms with E-state index in [0.29, 0.717) is 6.04 Å². The molecule has 2 aromatic carbocycles. The third-order valence-electron chi connectivity index (χ3n) is 5.68. The van der Waals surface area contributed by atoms with E-state index in [1.54, 1.807) is 14.2 Å². The predicted octanol–water partition coefficient (Wildman–Crippen LogP) is 3.18. The maximum atomic E-state index is 5.88. The molecule has 2 aliphatic heterocycles. The summed E-state index contributed by atoms with van der Waals surface area (Å²) in [5.41, 5.74) is 6.37. The van der Waals surface area contributed by atoms with E-state index in [-0.39, 0.29) is 6.79 Å². The van der Waals surface area contributed by atoms with Gasteiger partial charge in [-0.05, 0) is 60.3 Å². The number of benzene rings is 2. The van der Waals surface area contributed by atoms with Gasteiger partial charge < -0.3 is 18.9 Å². The quantitative estimate of drug-likeness (QED) is 0.840. The molecule has 0 amide bonds. The Morgan fingerprint density at radius 3 is 2.64 bits per heavy atom. The first-order chi connectivity index (χ1) is 12.2. The molecule has 5 rings (SSSR count). The lowest BCUT2D eigenvalue weighted by atomic mass is 9.76. The molecule has 130 valence electrons. The molecule has 5 heteroatoms. The molecule has 0 saturated heterocycles. The first kappa shape index (κ1) is 14.9. The normalized spacial score (nSPS) is 20.0. The lowest BCUT2D eigenvalue weighted by Crippen LogP contribution is -2.35. The molecule has 2 heterocycles. The maximum absolute atomic E-state index is 5.88. The molecular weight excluding hydrogens is 318 g/mol. The summed E-state index contributed by atoms with van der Waals surface area (Å²) in [5, 5.41) is 0. The molecule has 0 radical (unpaired) electrons. The first-order valence-electron chi connectivity index (χ1n) is 8.62. The van der Waals surface area contributed by atoms with Crippen LogP contribution in [0.4, 0.5) is 0 Å². The molecule has 0 N–H and O–H groups in total. The van der Waals surface area contributed by atoms with E-state index in [4.69, 9.17) is 18.9 Å². The van der Waals surface area contributed by atoms with Gasteiger partial charge in [0.05, 0.1) is 14.2 Å². The second-order valence-electron chi connectivity index (χ2n) is 6.87. The van der Waals surface area contributed by atoms with Crippen LogP contribution in [0.5, 0.6) is 23.0 Å². The molecule has 2 aromatic rings. The lowest BCUT2D eigenvalue weighted by Gasteiger charge is -2.40. The fraction of sp³-hybridized carbons (Fsp3) is 0.400. The Kier molecular flexibility index (Phi) is 3.16. The second kappa shape index (κ2) is 5.30. The van der Waals surface area contributed by atoms with Crippen molar-refractivity contribution in [3.8, 4) is 34.1 Å². The minimum atomic E-state index is 0.286.